The van der Waals surface area contributed by atoms with Crippen LogP contribution in [0.5, 0.6) is 5.75 Å². The minimum absolute atomic E-state index is 0.546. The molecule has 1 N–H and O–H groups in total. The summed E-state index contributed by atoms with van der Waals surface area (Å²) in [6.45, 7) is 0.546. The summed E-state index contributed by atoms with van der Waals surface area (Å²) in [6.07, 6.45) is 2.85. The molecule has 0 radical (unpaired) electrons. The summed E-state index contributed by atoms with van der Waals surface area (Å²) in [4.78, 5) is 0. The van der Waals surface area contributed by atoms with E-state index in [4.69, 9.17) is 9.94 Å². The van der Waals surface area contributed by atoms with Crippen molar-refractivity contribution in [3.05, 3.63) is 77.4 Å². The number of nitrogens with zero attached hydrogens (tertiary/aromatic N) is 1. The smallest absolute Gasteiger partial charge is 0.120 e. The van der Waals surface area contributed by atoms with Gasteiger partial charge in [0.1, 0.15) is 12.4 Å². The first-order valence-electron chi connectivity index (χ1n) is 8.28. The summed E-state index contributed by atoms with van der Waals surface area (Å²) in [6, 6.07) is 20.8. The Bertz CT molecular complexity index is 915. The maximum absolute atomic E-state index is 9.10. The van der Waals surface area contributed by atoms with Crippen molar-refractivity contribution < 1.29 is 9.94 Å². The molecule has 0 unspecified atom stereocenters. The predicted molar refractivity (Wildman–Crippen MR) is 96.0 cm³/mol. The van der Waals surface area contributed by atoms with E-state index in [0.717, 1.165) is 41.9 Å². The molecule has 3 nitrogen and oxygen atoms in total. The molecule has 0 aliphatic heterocycles. The molecule has 0 fully saturated rings. The Labute approximate surface area is 141 Å². The summed E-state index contributed by atoms with van der Waals surface area (Å²) < 4.78 is 5.97. The van der Waals surface area contributed by atoms with E-state index in [2.05, 4.69) is 53.7 Å². The van der Waals surface area contributed by atoms with Crippen molar-refractivity contribution in [1.29, 1.82) is 0 Å². The van der Waals surface area contributed by atoms with Crippen LogP contribution in [0.15, 0.2) is 65.8 Å². The fourth-order valence-corrected chi connectivity index (χ4v) is 3.33. The van der Waals surface area contributed by atoms with E-state index in [1.807, 2.05) is 12.1 Å². The van der Waals surface area contributed by atoms with Gasteiger partial charge in [0.15, 0.2) is 0 Å². The van der Waals surface area contributed by atoms with Crippen molar-refractivity contribution >= 4 is 16.5 Å². The summed E-state index contributed by atoms with van der Waals surface area (Å²) in [5, 5.41) is 15.0. The van der Waals surface area contributed by atoms with Gasteiger partial charge in [-0.15, -0.1) is 0 Å². The Hall–Kier alpha value is -2.81. The molecule has 3 heteroatoms. The highest BCUT2D eigenvalue weighted by molar-refractivity contribution is 6.02. The first-order valence-corrected chi connectivity index (χ1v) is 8.28. The standard InChI is InChI=1S/C21H19NO2/c23-22-21-7-3-6-18-13-19(10-11-20(18)21)24-14-15-8-9-16-4-1-2-5-17(16)12-15/h1-2,4-5,8-13,23H,3,6-7,14H2. The molecule has 0 heterocycles. The molecular formula is C21H19NO2. The van der Waals surface area contributed by atoms with E-state index in [0.29, 0.717) is 6.61 Å². The second-order valence-corrected chi connectivity index (χ2v) is 6.19. The molecule has 4 rings (SSSR count). The second-order valence-electron chi connectivity index (χ2n) is 6.19. The Morgan fingerprint density at radius 3 is 2.67 bits per heavy atom. The molecule has 0 spiro atoms. The highest BCUT2D eigenvalue weighted by Gasteiger charge is 2.16. The minimum Gasteiger partial charge on any atom is -0.489 e. The number of oxime groups is 1. The summed E-state index contributed by atoms with van der Waals surface area (Å²) >= 11 is 0. The second kappa shape index (κ2) is 6.36. The number of aryl methyl sites for hydroxylation is 1. The van der Waals surface area contributed by atoms with E-state index in [9.17, 15) is 0 Å². The summed E-state index contributed by atoms with van der Waals surface area (Å²) in [7, 11) is 0. The number of fused-ring (bicyclic) bond motifs is 2. The number of benzene rings is 3. The fourth-order valence-electron chi connectivity index (χ4n) is 3.33. The van der Waals surface area contributed by atoms with Crippen LogP contribution < -0.4 is 4.74 Å². The Balaban J connectivity index is 1.53. The van der Waals surface area contributed by atoms with Gasteiger partial charge in [0.2, 0.25) is 0 Å². The van der Waals surface area contributed by atoms with E-state index in [1.54, 1.807) is 0 Å². The predicted octanol–water partition coefficient (Wildman–Crippen LogP) is 4.93. The molecule has 0 saturated carbocycles. The number of hydrogen-bond acceptors (Lipinski definition) is 3. The molecule has 0 saturated heterocycles. The first-order chi connectivity index (χ1) is 11.8. The van der Waals surface area contributed by atoms with Crippen molar-refractivity contribution in [3.8, 4) is 5.75 Å². The van der Waals surface area contributed by atoms with Crippen LogP contribution in [0.2, 0.25) is 0 Å². The first kappa shape index (κ1) is 14.8. The van der Waals surface area contributed by atoms with Crippen LogP contribution in [0.4, 0.5) is 0 Å². The third-order valence-corrected chi connectivity index (χ3v) is 4.59. The summed E-state index contributed by atoms with van der Waals surface area (Å²) in [5.74, 6) is 0.862. The van der Waals surface area contributed by atoms with Gasteiger partial charge in [-0.25, -0.2) is 0 Å². The van der Waals surface area contributed by atoms with Crippen molar-refractivity contribution in [3.63, 3.8) is 0 Å². The van der Waals surface area contributed by atoms with Crippen LogP contribution in [0.3, 0.4) is 0 Å². The molecule has 1 aliphatic carbocycles. The highest BCUT2D eigenvalue weighted by Crippen LogP contribution is 2.26. The lowest BCUT2D eigenvalue weighted by Gasteiger charge is -2.18. The van der Waals surface area contributed by atoms with E-state index >= 15 is 0 Å². The number of ether oxygens (including phenoxy) is 1. The van der Waals surface area contributed by atoms with Gasteiger partial charge >= 0.3 is 0 Å². The quantitative estimate of drug-likeness (QED) is 0.549. The molecule has 3 aromatic carbocycles. The molecule has 0 atom stereocenters. The molecule has 0 aromatic heterocycles. The van der Waals surface area contributed by atoms with Crippen LogP contribution in [0.1, 0.15) is 29.5 Å². The van der Waals surface area contributed by atoms with Crippen LogP contribution >= 0.6 is 0 Å². The normalized spacial score (nSPS) is 15.4. The van der Waals surface area contributed by atoms with Gasteiger partial charge in [-0.05, 0) is 65.4 Å². The molecule has 0 bridgehead atoms. The Kier molecular flexibility index (Phi) is 3.91. The maximum atomic E-state index is 9.10. The van der Waals surface area contributed by atoms with Crippen LogP contribution in [-0.4, -0.2) is 10.9 Å². The zero-order chi connectivity index (χ0) is 16.4. The molecular weight excluding hydrogens is 298 g/mol. The topological polar surface area (TPSA) is 41.8 Å². The third kappa shape index (κ3) is 2.85. The van der Waals surface area contributed by atoms with Gasteiger partial charge in [0.05, 0.1) is 5.71 Å². The van der Waals surface area contributed by atoms with Crippen molar-refractivity contribution in [1.82, 2.24) is 0 Å². The fraction of sp³-hybridized carbons (Fsp3) is 0.190. The highest BCUT2D eigenvalue weighted by atomic mass is 16.5. The zero-order valence-corrected chi connectivity index (χ0v) is 13.4. The number of hydrogen-bond donors (Lipinski definition) is 1. The van der Waals surface area contributed by atoms with Crippen LogP contribution in [0, 0.1) is 0 Å². The molecule has 120 valence electrons. The van der Waals surface area contributed by atoms with Crippen molar-refractivity contribution in [2.45, 2.75) is 25.9 Å². The van der Waals surface area contributed by atoms with Crippen LogP contribution in [0.25, 0.3) is 10.8 Å². The largest absolute Gasteiger partial charge is 0.489 e. The van der Waals surface area contributed by atoms with Crippen molar-refractivity contribution in [2.24, 2.45) is 5.16 Å². The van der Waals surface area contributed by atoms with Crippen molar-refractivity contribution in [2.75, 3.05) is 0 Å². The average Bonchev–Trinajstić information content (AvgIpc) is 2.65. The third-order valence-electron chi connectivity index (χ3n) is 4.59. The molecule has 0 amide bonds. The van der Waals surface area contributed by atoms with Gasteiger partial charge in [-0.2, -0.15) is 0 Å². The Morgan fingerprint density at radius 1 is 0.917 bits per heavy atom. The van der Waals surface area contributed by atoms with Gasteiger partial charge in [0.25, 0.3) is 0 Å². The lowest BCUT2D eigenvalue weighted by molar-refractivity contribution is 0.306. The van der Waals surface area contributed by atoms with Gasteiger partial charge in [-0.1, -0.05) is 41.6 Å². The van der Waals surface area contributed by atoms with E-state index in [-0.39, 0.29) is 0 Å². The van der Waals surface area contributed by atoms with Crippen LogP contribution in [-0.2, 0) is 13.0 Å². The van der Waals surface area contributed by atoms with E-state index in [1.165, 1.54) is 16.3 Å². The summed E-state index contributed by atoms with van der Waals surface area (Å²) in [5.41, 5.74) is 4.17. The van der Waals surface area contributed by atoms with Gasteiger partial charge in [0, 0.05) is 5.56 Å². The molecule has 3 aromatic rings. The molecule has 1 aliphatic rings. The lowest BCUT2D eigenvalue weighted by Crippen LogP contribution is -2.12. The monoisotopic (exact) mass is 317 g/mol. The minimum atomic E-state index is 0.546. The SMILES string of the molecule is ON=C1CCCc2cc(OCc3ccc4ccccc4c3)ccc21. The molecule has 24 heavy (non-hydrogen) atoms. The maximum Gasteiger partial charge on any atom is 0.120 e. The lowest BCUT2D eigenvalue weighted by atomic mass is 9.90. The van der Waals surface area contributed by atoms with E-state index < -0.39 is 0 Å². The zero-order valence-electron chi connectivity index (χ0n) is 13.4. The average molecular weight is 317 g/mol. The van der Waals surface area contributed by atoms with Gasteiger partial charge < -0.3 is 9.94 Å². The van der Waals surface area contributed by atoms with Gasteiger partial charge in [-0.3, -0.25) is 0 Å². The number of rotatable bonds is 3. The Morgan fingerprint density at radius 2 is 1.79 bits per heavy atom.